The van der Waals surface area contributed by atoms with Gasteiger partial charge in [-0.25, -0.2) is 0 Å². The van der Waals surface area contributed by atoms with Crippen LogP contribution in [0, 0.1) is 0 Å². The smallest absolute Gasteiger partial charge is 0.226 e. The van der Waals surface area contributed by atoms with E-state index in [1.165, 1.54) is 5.56 Å². The molecule has 4 heteroatoms. The fourth-order valence-corrected chi connectivity index (χ4v) is 2.67. The maximum Gasteiger partial charge on any atom is 0.226 e. The molecule has 0 aromatic heterocycles. The Kier molecular flexibility index (Phi) is 6.07. The van der Waals surface area contributed by atoms with Gasteiger partial charge in [-0.2, -0.15) is 0 Å². The second kappa shape index (κ2) is 8.06. The van der Waals surface area contributed by atoms with Crippen molar-refractivity contribution < 1.29 is 4.79 Å². The van der Waals surface area contributed by atoms with Crippen LogP contribution in [0.3, 0.4) is 0 Å². The molecular formula is C21H29N3O. The summed E-state index contributed by atoms with van der Waals surface area (Å²) in [5.74, 6) is 0.0124. The number of hydrogen-bond acceptors (Lipinski definition) is 3. The van der Waals surface area contributed by atoms with E-state index >= 15 is 0 Å². The third kappa shape index (κ3) is 5.52. The van der Waals surface area contributed by atoms with Gasteiger partial charge in [0.1, 0.15) is 0 Å². The first-order chi connectivity index (χ1) is 11.8. The van der Waals surface area contributed by atoms with Gasteiger partial charge in [-0.15, -0.1) is 0 Å². The summed E-state index contributed by atoms with van der Waals surface area (Å²) in [6, 6.07) is 16.1. The molecule has 2 aromatic carbocycles. The molecule has 0 spiro atoms. The summed E-state index contributed by atoms with van der Waals surface area (Å²) in [5, 5.41) is 6.33. The standard InChI is InChI=1S/C21H29N3O/c1-21(2,3)18-8-6-7-9-19(18)22-15-14-20(25)23-16-10-12-17(13-11-16)24(4)5/h6-13,22H,14-15H2,1-5H3,(H,23,25). The van der Waals surface area contributed by atoms with Gasteiger partial charge in [0, 0.05) is 44.1 Å². The highest BCUT2D eigenvalue weighted by Gasteiger charge is 2.17. The van der Waals surface area contributed by atoms with Gasteiger partial charge in [-0.1, -0.05) is 39.0 Å². The number of para-hydroxylation sites is 1. The number of rotatable bonds is 6. The minimum absolute atomic E-state index is 0.0124. The van der Waals surface area contributed by atoms with Gasteiger partial charge in [0.2, 0.25) is 5.91 Å². The zero-order valence-corrected chi connectivity index (χ0v) is 15.9. The van der Waals surface area contributed by atoms with E-state index in [1.54, 1.807) is 0 Å². The van der Waals surface area contributed by atoms with Crippen LogP contribution >= 0.6 is 0 Å². The fraction of sp³-hybridized carbons (Fsp3) is 0.381. The van der Waals surface area contributed by atoms with Crippen molar-refractivity contribution in [2.75, 3.05) is 36.2 Å². The average Bonchev–Trinajstić information content (AvgIpc) is 2.55. The normalized spacial score (nSPS) is 11.1. The van der Waals surface area contributed by atoms with Gasteiger partial charge < -0.3 is 15.5 Å². The molecule has 0 bridgehead atoms. The van der Waals surface area contributed by atoms with Gasteiger partial charge in [0.15, 0.2) is 0 Å². The molecule has 0 aliphatic carbocycles. The number of benzene rings is 2. The van der Waals surface area contributed by atoms with E-state index in [1.807, 2.05) is 49.3 Å². The summed E-state index contributed by atoms with van der Waals surface area (Å²) in [6.07, 6.45) is 0.425. The van der Waals surface area contributed by atoms with Crippen LogP contribution in [-0.4, -0.2) is 26.5 Å². The van der Waals surface area contributed by atoms with Crippen LogP contribution in [-0.2, 0) is 10.2 Å². The highest BCUT2D eigenvalue weighted by molar-refractivity contribution is 5.91. The summed E-state index contributed by atoms with van der Waals surface area (Å²) >= 11 is 0. The summed E-state index contributed by atoms with van der Waals surface area (Å²) in [7, 11) is 3.99. The van der Waals surface area contributed by atoms with E-state index < -0.39 is 0 Å². The molecule has 0 radical (unpaired) electrons. The predicted octanol–water partition coefficient (Wildman–Crippen LogP) is 4.49. The highest BCUT2D eigenvalue weighted by atomic mass is 16.1. The molecule has 0 saturated carbocycles. The average molecular weight is 339 g/mol. The van der Waals surface area contributed by atoms with Gasteiger partial charge in [-0.3, -0.25) is 4.79 Å². The van der Waals surface area contributed by atoms with E-state index in [2.05, 4.69) is 49.6 Å². The van der Waals surface area contributed by atoms with Gasteiger partial charge >= 0.3 is 0 Å². The minimum atomic E-state index is 0.0124. The SMILES string of the molecule is CN(C)c1ccc(NC(=O)CCNc2ccccc2C(C)(C)C)cc1. The molecule has 1 amide bonds. The van der Waals surface area contributed by atoms with Crippen LogP contribution in [0.2, 0.25) is 0 Å². The first-order valence-electron chi connectivity index (χ1n) is 8.68. The molecular weight excluding hydrogens is 310 g/mol. The predicted molar refractivity (Wildman–Crippen MR) is 108 cm³/mol. The number of nitrogens with zero attached hydrogens (tertiary/aromatic N) is 1. The van der Waals surface area contributed by atoms with E-state index in [9.17, 15) is 4.79 Å². The topological polar surface area (TPSA) is 44.4 Å². The molecule has 134 valence electrons. The molecule has 0 atom stereocenters. The number of nitrogens with one attached hydrogen (secondary N) is 2. The Morgan fingerprint density at radius 2 is 1.64 bits per heavy atom. The number of hydrogen-bond donors (Lipinski definition) is 2. The molecule has 2 N–H and O–H groups in total. The molecule has 0 aliphatic rings. The largest absolute Gasteiger partial charge is 0.384 e. The Bertz CT molecular complexity index is 700. The molecule has 4 nitrogen and oxygen atoms in total. The van der Waals surface area contributed by atoms with Crippen LogP contribution in [0.15, 0.2) is 48.5 Å². The van der Waals surface area contributed by atoms with Crippen LogP contribution in [0.5, 0.6) is 0 Å². The molecule has 0 heterocycles. The summed E-state index contributed by atoms with van der Waals surface area (Å²) in [6.45, 7) is 7.18. The van der Waals surface area contributed by atoms with Crippen molar-refractivity contribution in [1.29, 1.82) is 0 Å². The van der Waals surface area contributed by atoms with E-state index in [4.69, 9.17) is 0 Å². The van der Waals surface area contributed by atoms with Gasteiger partial charge in [-0.05, 0) is 41.3 Å². The Morgan fingerprint density at radius 3 is 2.24 bits per heavy atom. The van der Waals surface area contributed by atoms with Crippen LogP contribution in [0.4, 0.5) is 17.1 Å². The quantitative estimate of drug-likeness (QED) is 0.815. The number of carbonyl (C=O) groups excluding carboxylic acids is 1. The van der Waals surface area contributed by atoms with E-state index in [0.29, 0.717) is 13.0 Å². The maximum absolute atomic E-state index is 12.1. The molecule has 0 aliphatic heterocycles. The molecule has 2 aromatic rings. The number of anilines is 3. The monoisotopic (exact) mass is 339 g/mol. The van der Waals surface area contributed by atoms with Crippen molar-refractivity contribution in [1.82, 2.24) is 0 Å². The molecule has 0 saturated heterocycles. The second-order valence-electron chi connectivity index (χ2n) is 7.46. The molecule has 2 rings (SSSR count). The number of carbonyl (C=O) groups is 1. The van der Waals surface area contributed by atoms with Crippen molar-refractivity contribution in [2.24, 2.45) is 0 Å². The summed E-state index contributed by atoms with van der Waals surface area (Å²) in [4.78, 5) is 14.2. The first-order valence-corrected chi connectivity index (χ1v) is 8.68. The summed E-state index contributed by atoms with van der Waals surface area (Å²) < 4.78 is 0. The summed E-state index contributed by atoms with van der Waals surface area (Å²) in [5.41, 5.74) is 4.36. The molecule has 0 fully saturated rings. The zero-order chi connectivity index (χ0) is 18.4. The van der Waals surface area contributed by atoms with Crippen molar-refractivity contribution in [3.63, 3.8) is 0 Å². The highest BCUT2D eigenvalue weighted by Crippen LogP contribution is 2.29. The third-order valence-corrected chi connectivity index (χ3v) is 4.07. The van der Waals surface area contributed by atoms with Crippen LogP contribution in [0.1, 0.15) is 32.8 Å². The number of amides is 1. The maximum atomic E-state index is 12.1. The van der Waals surface area contributed by atoms with E-state index in [0.717, 1.165) is 17.1 Å². The Balaban J connectivity index is 1.87. The lowest BCUT2D eigenvalue weighted by Crippen LogP contribution is -2.19. The van der Waals surface area contributed by atoms with Crippen molar-refractivity contribution in [2.45, 2.75) is 32.6 Å². The Labute approximate surface area is 151 Å². The second-order valence-corrected chi connectivity index (χ2v) is 7.46. The first kappa shape index (κ1) is 18.8. The lowest BCUT2D eigenvalue weighted by molar-refractivity contribution is -0.115. The van der Waals surface area contributed by atoms with Crippen molar-refractivity contribution in [3.8, 4) is 0 Å². The van der Waals surface area contributed by atoms with Crippen LogP contribution < -0.4 is 15.5 Å². The Hall–Kier alpha value is -2.49. The zero-order valence-electron chi connectivity index (χ0n) is 15.9. The fourth-order valence-electron chi connectivity index (χ4n) is 2.67. The van der Waals surface area contributed by atoms with Crippen LogP contribution in [0.25, 0.3) is 0 Å². The van der Waals surface area contributed by atoms with Crippen molar-refractivity contribution in [3.05, 3.63) is 54.1 Å². The lowest BCUT2D eigenvalue weighted by Gasteiger charge is -2.23. The molecule has 0 unspecified atom stereocenters. The lowest BCUT2D eigenvalue weighted by atomic mass is 9.86. The van der Waals surface area contributed by atoms with Gasteiger partial charge in [0.05, 0.1) is 0 Å². The molecule has 25 heavy (non-hydrogen) atoms. The van der Waals surface area contributed by atoms with Crippen molar-refractivity contribution >= 4 is 23.0 Å². The van der Waals surface area contributed by atoms with E-state index in [-0.39, 0.29) is 11.3 Å². The van der Waals surface area contributed by atoms with Gasteiger partial charge in [0.25, 0.3) is 0 Å². The Morgan fingerprint density at radius 1 is 1.00 bits per heavy atom. The third-order valence-electron chi connectivity index (χ3n) is 4.07. The minimum Gasteiger partial charge on any atom is -0.384 e.